The Balaban J connectivity index is 1.33. The average molecular weight is 390 g/mol. The predicted octanol–water partition coefficient (Wildman–Crippen LogP) is 3.31. The SMILES string of the molecule is O=C(COc1ccccc1-c1ccccc1)N1CCN(C(=O)c2ccco2)CC1. The first-order valence-corrected chi connectivity index (χ1v) is 9.60. The number of hydrogen-bond donors (Lipinski definition) is 0. The largest absolute Gasteiger partial charge is 0.483 e. The van der Waals surface area contributed by atoms with Gasteiger partial charge in [0, 0.05) is 31.7 Å². The van der Waals surface area contributed by atoms with Crippen LogP contribution in [-0.2, 0) is 4.79 Å². The molecule has 6 nitrogen and oxygen atoms in total. The van der Waals surface area contributed by atoms with Crippen molar-refractivity contribution in [1.29, 1.82) is 0 Å². The number of para-hydroxylation sites is 1. The summed E-state index contributed by atoms with van der Waals surface area (Å²) in [6.45, 7) is 1.89. The standard InChI is InChI=1S/C23H22N2O4/c26-22(24-12-14-25(15-13-24)23(27)21-11-6-16-28-21)17-29-20-10-5-4-9-19(20)18-7-2-1-3-8-18/h1-11,16H,12-15,17H2. The molecule has 3 aromatic rings. The van der Waals surface area contributed by atoms with Crippen LogP contribution in [0.1, 0.15) is 10.6 Å². The second-order valence-electron chi connectivity index (χ2n) is 6.80. The molecule has 2 aromatic carbocycles. The molecule has 0 atom stereocenters. The summed E-state index contributed by atoms with van der Waals surface area (Å²) in [5.41, 5.74) is 2.00. The smallest absolute Gasteiger partial charge is 0.289 e. The molecule has 0 unspecified atom stereocenters. The van der Waals surface area contributed by atoms with E-state index in [-0.39, 0.29) is 18.4 Å². The number of furan rings is 1. The van der Waals surface area contributed by atoms with Crippen molar-refractivity contribution in [2.24, 2.45) is 0 Å². The van der Waals surface area contributed by atoms with Gasteiger partial charge in [0.15, 0.2) is 12.4 Å². The fourth-order valence-corrected chi connectivity index (χ4v) is 3.39. The Morgan fingerprint density at radius 1 is 0.828 bits per heavy atom. The summed E-state index contributed by atoms with van der Waals surface area (Å²) in [5, 5.41) is 0. The summed E-state index contributed by atoms with van der Waals surface area (Å²) in [6.07, 6.45) is 1.48. The molecule has 0 N–H and O–H groups in total. The molecule has 29 heavy (non-hydrogen) atoms. The van der Waals surface area contributed by atoms with Crippen LogP contribution in [0.2, 0.25) is 0 Å². The molecule has 1 aliphatic rings. The highest BCUT2D eigenvalue weighted by Crippen LogP contribution is 2.29. The number of ether oxygens (including phenoxy) is 1. The Morgan fingerprint density at radius 3 is 2.24 bits per heavy atom. The number of amides is 2. The summed E-state index contributed by atoms with van der Waals surface area (Å²) in [4.78, 5) is 28.4. The first-order valence-electron chi connectivity index (χ1n) is 9.60. The van der Waals surface area contributed by atoms with Crippen LogP contribution in [0.25, 0.3) is 11.1 Å². The third-order valence-electron chi connectivity index (χ3n) is 4.97. The Morgan fingerprint density at radius 2 is 1.52 bits per heavy atom. The molecule has 6 heteroatoms. The average Bonchev–Trinajstić information content (AvgIpc) is 3.33. The Kier molecular flexibility index (Phi) is 5.61. The minimum Gasteiger partial charge on any atom is -0.483 e. The van der Waals surface area contributed by atoms with Crippen molar-refractivity contribution in [1.82, 2.24) is 9.80 Å². The number of rotatable bonds is 5. The zero-order valence-corrected chi connectivity index (χ0v) is 16.0. The van der Waals surface area contributed by atoms with Crippen molar-refractivity contribution in [3.63, 3.8) is 0 Å². The molecule has 0 aliphatic carbocycles. The number of nitrogens with zero attached hydrogens (tertiary/aromatic N) is 2. The van der Waals surface area contributed by atoms with Crippen LogP contribution in [-0.4, -0.2) is 54.4 Å². The third-order valence-corrected chi connectivity index (χ3v) is 4.97. The van der Waals surface area contributed by atoms with Gasteiger partial charge in [-0.15, -0.1) is 0 Å². The molecule has 2 heterocycles. The normalized spacial score (nSPS) is 13.9. The van der Waals surface area contributed by atoms with E-state index in [0.717, 1.165) is 11.1 Å². The van der Waals surface area contributed by atoms with Crippen molar-refractivity contribution < 1.29 is 18.7 Å². The molecule has 148 valence electrons. The van der Waals surface area contributed by atoms with E-state index in [1.54, 1.807) is 21.9 Å². The van der Waals surface area contributed by atoms with Crippen molar-refractivity contribution in [2.45, 2.75) is 0 Å². The van der Waals surface area contributed by atoms with Gasteiger partial charge in [-0.25, -0.2) is 0 Å². The molecule has 2 amide bonds. The number of benzene rings is 2. The summed E-state index contributed by atoms with van der Waals surface area (Å²) >= 11 is 0. The first-order chi connectivity index (χ1) is 14.2. The van der Waals surface area contributed by atoms with Gasteiger partial charge in [-0.2, -0.15) is 0 Å². The number of carbonyl (C=O) groups is 2. The maximum absolute atomic E-state index is 12.6. The molecule has 4 rings (SSSR count). The zero-order chi connectivity index (χ0) is 20.1. The second-order valence-corrected chi connectivity index (χ2v) is 6.80. The third kappa shape index (κ3) is 4.32. The van der Waals surface area contributed by atoms with E-state index in [9.17, 15) is 9.59 Å². The maximum Gasteiger partial charge on any atom is 0.289 e. The molecule has 0 bridgehead atoms. The molecule has 0 spiro atoms. The molecule has 1 aliphatic heterocycles. The number of piperazine rings is 1. The summed E-state index contributed by atoms with van der Waals surface area (Å²) < 4.78 is 11.0. The van der Waals surface area contributed by atoms with E-state index in [1.165, 1.54) is 6.26 Å². The van der Waals surface area contributed by atoms with Crippen molar-refractivity contribution in [3.8, 4) is 16.9 Å². The van der Waals surface area contributed by atoms with E-state index >= 15 is 0 Å². The van der Waals surface area contributed by atoms with Crippen molar-refractivity contribution in [2.75, 3.05) is 32.8 Å². The van der Waals surface area contributed by atoms with Crippen LogP contribution in [0.15, 0.2) is 77.4 Å². The van der Waals surface area contributed by atoms with Crippen LogP contribution in [0.5, 0.6) is 5.75 Å². The van der Waals surface area contributed by atoms with Crippen LogP contribution in [0.3, 0.4) is 0 Å². The zero-order valence-electron chi connectivity index (χ0n) is 16.0. The molecular formula is C23H22N2O4. The lowest BCUT2D eigenvalue weighted by Gasteiger charge is -2.34. The van der Waals surface area contributed by atoms with Gasteiger partial charge in [0.1, 0.15) is 5.75 Å². The van der Waals surface area contributed by atoms with Gasteiger partial charge < -0.3 is 19.0 Å². The van der Waals surface area contributed by atoms with E-state index in [2.05, 4.69) is 0 Å². The lowest BCUT2D eigenvalue weighted by molar-refractivity contribution is -0.134. The van der Waals surface area contributed by atoms with Crippen LogP contribution in [0.4, 0.5) is 0 Å². The van der Waals surface area contributed by atoms with Gasteiger partial charge in [-0.1, -0.05) is 48.5 Å². The van der Waals surface area contributed by atoms with E-state index < -0.39 is 0 Å². The minimum atomic E-state index is -0.143. The molecule has 0 saturated carbocycles. The number of hydrogen-bond acceptors (Lipinski definition) is 4. The summed E-state index contributed by atoms with van der Waals surface area (Å²) in [5.74, 6) is 0.775. The fourth-order valence-electron chi connectivity index (χ4n) is 3.39. The highest BCUT2D eigenvalue weighted by molar-refractivity contribution is 5.91. The molecule has 1 aromatic heterocycles. The quantitative estimate of drug-likeness (QED) is 0.671. The predicted molar refractivity (Wildman–Crippen MR) is 109 cm³/mol. The molecule has 1 fully saturated rings. The van der Waals surface area contributed by atoms with E-state index in [0.29, 0.717) is 37.7 Å². The van der Waals surface area contributed by atoms with Crippen LogP contribution in [0, 0.1) is 0 Å². The summed E-state index contributed by atoms with van der Waals surface area (Å²) in [6, 6.07) is 21.0. The van der Waals surface area contributed by atoms with Gasteiger partial charge in [-0.3, -0.25) is 9.59 Å². The Hall–Kier alpha value is -3.54. The molecular weight excluding hydrogens is 368 g/mol. The van der Waals surface area contributed by atoms with Crippen molar-refractivity contribution >= 4 is 11.8 Å². The van der Waals surface area contributed by atoms with Crippen molar-refractivity contribution in [3.05, 3.63) is 78.8 Å². The fraction of sp³-hybridized carbons (Fsp3) is 0.217. The van der Waals surface area contributed by atoms with Gasteiger partial charge in [0.25, 0.3) is 11.8 Å². The Labute approximate surface area is 169 Å². The van der Waals surface area contributed by atoms with Gasteiger partial charge >= 0.3 is 0 Å². The topological polar surface area (TPSA) is 63.0 Å². The number of carbonyl (C=O) groups excluding carboxylic acids is 2. The molecule has 1 saturated heterocycles. The molecule has 0 radical (unpaired) electrons. The van der Waals surface area contributed by atoms with E-state index in [1.807, 2.05) is 54.6 Å². The van der Waals surface area contributed by atoms with Gasteiger partial charge in [-0.05, 0) is 23.8 Å². The summed E-state index contributed by atoms with van der Waals surface area (Å²) in [7, 11) is 0. The maximum atomic E-state index is 12.6. The lowest BCUT2D eigenvalue weighted by atomic mass is 10.1. The van der Waals surface area contributed by atoms with Crippen LogP contribution >= 0.6 is 0 Å². The van der Waals surface area contributed by atoms with Gasteiger partial charge in [0.2, 0.25) is 0 Å². The van der Waals surface area contributed by atoms with E-state index in [4.69, 9.17) is 9.15 Å². The van der Waals surface area contributed by atoms with Crippen LogP contribution < -0.4 is 4.74 Å². The highest BCUT2D eigenvalue weighted by Gasteiger charge is 2.26. The highest BCUT2D eigenvalue weighted by atomic mass is 16.5. The monoisotopic (exact) mass is 390 g/mol. The second kappa shape index (κ2) is 8.65. The minimum absolute atomic E-state index is 0.0318. The lowest BCUT2D eigenvalue weighted by Crippen LogP contribution is -2.51. The Bertz CT molecular complexity index is 962. The van der Waals surface area contributed by atoms with Gasteiger partial charge in [0.05, 0.1) is 6.26 Å². The first kappa shape index (κ1) is 18.8.